The van der Waals surface area contributed by atoms with E-state index in [-0.39, 0.29) is 12.2 Å². The lowest BCUT2D eigenvalue weighted by Crippen LogP contribution is -2.02. The zero-order chi connectivity index (χ0) is 15.4. The van der Waals surface area contributed by atoms with Crippen molar-refractivity contribution in [3.8, 4) is 5.75 Å². The highest BCUT2D eigenvalue weighted by Crippen LogP contribution is 2.20. The van der Waals surface area contributed by atoms with Crippen LogP contribution in [0, 0.1) is 12.8 Å². The van der Waals surface area contributed by atoms with E-state index in [1.165, 1.54) is 6.07 Å². The summed E-state index contributed by atoms with van der Waals surface area (Å²) in [5.41, 5.74) is 0.986. The molecule has 0 bridgehead atoms. The van der Waals surface area contributed by atoms with Crippen LogP contribution in [0.3, 0.4) is 0 Å². The van der Waals surface area contributed by atoms with E-state index < -0.39 is 5.97 Å². The Kier molecular flexibility index (Phi) is 4.57. The largest absolute Gasteiger partial charge is 0.485 e. The molecule has 0 aliphatic carbocycles. The normalized spacial score (nSPS) is 10.9. The minimum Gasteiger partial charge on any atom is -0.485 e. The molecule has 0 amide bonds. The number of aryl methyl sites for hydroxylation is 1. The fourth-order valence-electron chi connectivity index (χ4n) is 1.87. The summed E-state index contributed by atoms with van der Waals surface area (Å²) < 4.78 is 10.7. The molecule has 1 aromatic heterocycles. The minimum atomic E-state index is -0.957. The van der Waals surface area contributed by atoms with Gasteiger partial charge in [0, 0.05) is 6.42 Å². The predicted octanol–water partition coefficient (Wildman–Crippen LogP) is 2.85. The molecule has 0 aliphatic rings. The van der Waals surface area contributed by atoms with Gasteiger partial charge in [-0.1, -0.05) is 19.0 Å². The zero-order valence-corrected chi connectivity index (χ0v) is 12.3. The van der Waals surface area contributed by atoms with E-state index in [2.05, 4.69) is 24.0 Å². The van der Waals surface area contributed by atoms with Crippen LogP contribution in [0.5, 0.6) is 5.75 Å². The van der Waals surface area contributed by atoms with Crippen molar-refractivity contribution in [2.24, 2.45) is 5.92 Å². The highest BCUT2D eigenvalue weighted by molar-refractivity contribution is 5.88. The summed E-state index contributed by atoms with van der Waals surface area (Å²) >= 11 is 0. The van der Waals surface area contributed by atoms with Crippen molar-refractivity contribution < 1.29 is 19.2 Å². The average molecular weight is 290 g/mol. The van der Waals surface area contributed by atoms with Gasteiger partial charge in [-0.25, -0.2) is 4.79 Å². The summed E-state index contributed by atoms with van der Waals surface area (Å²) in [6.07, 6.45) is 0.735. The summed E-state index contributed by atoms with van der Waals surface area (Å²) in [5, 5.41) is 12.8. The third-order valence-corrected chi connectivity index (χ3v) is 2.87. The van der Waals surface area contributed by atoms with E-state index in [0.717, 1.165) is 12.0 Å². The number of nitrogens with zero attached hydrogens (tertiary/aromatic N) is 2. The summed E-state index contributed by atoms with van der Waals surface area (Å²) in [5.74, 6) is 1.18. The van der Waals surface area contributed by atoms with E-state index in [9.17, 15) is 4.79 Å². The van der Waals surface area contributed by atoms with Crippen LogP contribution in [0.2, 0.25) is 0 Å². The lowest BCUT2D eigenvalue weighted by molar-refractivity contribution is 0.0696. The van der Waals surface area contributed by atoms with Gasteiger partial charge in [0.15, 0.2) is 6.61 Å². The van der Waals surface area contributed by atoms with Crippen molar-refractivity contribution in [3.63, 3.8) is 0 Å². The van der Waals surface area contributed by atoms with Crippen LogP contribution < -0.4 is 4.74 Å². The summed E-state index contributed by atoms with van der Waals surface area (Å²) in [7, 11) is 0. The van der Waals surface area contributed by atoms with Crippen molar-refractivity contribution >= 4 is 5.97 Å². The Morgan fingerprint density at radius 3 is 2.81 bits per heavy atom. The molecule has 1 heterocycles. The van der Waals surface area contributed by atoms with Gasteiger partial charge < -0.3 is 14.4 Å². The van der Waals surface area contributed by atoms with Gasteiger partial charge in [-0.3, -0.25) is 0 Å². The fourth-order valence-corrected chi connectivity index (χ4v) is 1.87. The Hall–Kier alpha value is -2.37. The highest BCUT2D eigenvalue weighted by Gasteiger charge is 2.10. The smallest absolute Gasteiger partial charge is 0.335 e. The molecule has 2 aromatic rings. The summed E-state index contributed by atoms with van der Waals surface area (Å²) in [6.45, 7) is 6.14. The molecular weight excluding hydrogens is 272 g/mol. The Labute approximate surface area is 122 Å². The van der Waals surface area contributed by atoms with Crippen LogP contribution in [0.1, 0.15) is 41.5 Å². The number of aromatic nitrogens is 2. The maximum Gasteiger partial charge on any atom is 0.335 e. The van der Waals surface area contributed by atoms with Crippen LogP contribution >= 0.6 is 0 Å². The Morgan fingerprint density at radius 1 is 1.43 bits per heavy atom. The summed E-state index contributed by atoms with van der Waals surface area (Å²) in [6, 6.07) is 4.71. The van der Waals surface area contributed by atoms with Gasteiger partial charge in [-0.15, -0.1) is 0 Å². The first-order valence-electron chi connectivity index (χ1n) is 6.74. The molecule has 0 unspecified atom stereocenters. The van der Waals surface area contributed by atoms with Crippen LogP contribution in [-0.4, -0.2) is 21.2 Å². The van der Waals surface area contributed by atoms with E-state index in [1.54, 1.807) is 19.1 Å². The van der Waals surface area contributed by atoms with Gasteiger partial charge in [0.25, 0.3) is 0 Å². The molecule has 21 heavy (non-hydrogen) atoms. The number of rotatable bonds is 6. The number of benzene rings is 1. The van der Waals surface area contributed by atoms with Gasteiger partial charge in [-0.2, -0.15) is 4.98 Å². The molecule has 6 nitrogen and oxygen atoms in total. The molecule has 1 N–H and O–H groups in total. The Bertz CT molecular complexity index is 634. The minimum absolute atomic E-state index is 0.189. The third-order valence-electron chi connectivity index (χ3n) is 2.87. The number of carboxylic acid groups (broad SMARTS) is 1. The first-order valence-corrected chi connectivity index (χ1v) is 6.74. The monoisotopic (exact) mass is 290 g/mol. The fraction of sp³-hybridized carbons (Fsp3) is 0.400. The van der Waals surface area contributed by atoms with Crippen molar-refractivity contribution in [2.45, 2.75) is 33.8 Å². The molecular formula is C15H18N2O4. The molecule has 0 radical (unpaired) electrons. The molecule has 0 aliphatic heterocycles. The number of hydrogen-bond donors (Lipinski definition) is 1. The quantitative estimate of drug-likeness (QED) is 0.880. The van der Waals surface area contributed by atoms with Gasteiger partial charge in [0.1, 0.15) is 5.75 Å². The maximum atomic E-state index is 10.9. The van der Waals surface area contributed by atoms with Crippen LogP contribution in [0.15, 0.2) is 22.7 Å². The molecule has 2 rings (SSSR count). The molecule has 0 spiro atoms. The highest BCUT2D eigenvalue weighted by atomic mass is 16.5. The zero-order valence-electron chi connectivity index (χ0n) is 12.3. The van der Waals surface area contributed by atoms with Crippen LogP contribution in [0.25, 0.3) is 0 Å². The number of hydrogen-bond acceptors (Lipinski definition) is 5. The van der Waals surface area contributed by atoms with Crippen molar-refractivity contribution in [2.75, 3.05) is 0 Å². The van der Waals surface area contributed by atoms with Crippen molar-refractivity contribution in [3.05, 3.63) is 41.0 Å². The van der Waals surface area contributed by atoms with E-state index >= 15 is 0 Å². The van der Waals surface area contributed by atoms with Gasteiger partial charge in [0.2, 0.25) is 11.7 Å². The molecule has 0 fully saturated rings. The molecule has 1 aromatic carbocycles. The van der Waals surface area contributed by atoms with Gasteiger partial charge in [-0.05, 0) is 36.6 Å². The Balaban J connectivity index is 1.99. The second-order valence-corrected chi connectivity index (χ2v) is 5.28. The van der Waals surface area contributed by atoms with E-state index in [4.69, 9.17) is 14.4 Å². The second kappa shape index (κ2) is 6.39. The van der Waals surface area contributed by atoms with Crippen LogP contribution in [0.4, 0.5) is 0 Å². The van der Waals surface area contributed by atoms with Crippen molar-refractivity contribution in [1.82, 2.24) is 10.1 Å². The first kappa shape index (κ1) is 15.0. The first-order chi connectivity index (χ1) is 9.95. The van der Waals surface area contributed by atoms with E-state index in [1.807, 2.05) is 0 Å². The molecule has 0 saturated carbocycles. The molecule has 112 valence electrons. The second-order valence-electron chi connectivity index (χ2n) is 5.28. The van der Waals surface area contributed by atoms with Gasteiger partial charge >= 0.3 is 5.97 Å². The topological polar surface area (TPSA) is 85.5 Å². The molecule has 6 heteroatoms. The molecule has 0 saturated heterocycles. The lowest BCUT2D eigenvalue weighted by atomic mass is 10.1. The number of ether oxygens (including phenoxy) is 1. The number of aromatic carboxylic acids is 1. The predicted molar refractivity (Wildman–Crippen MR) is 75.3 cm³/mol. The number of carbonyl (C=O) groups is 1. The standard InChI is InChI=1S/C15H18N2O4/c1-9(2)6-14-16-13(17-21-14)8-20-12-5-4-11(15(18)19)7-10(12)3/h4-5,7,9H,6,8H2,1-3H3,(H,18,19). The average Bonchev–Trinajstić information content (AvgIpc) is 2.83. The maximum absolute atomic E-state index is 10.9. The van der Waals surface area contributed by atoms with Crippen molar-refractivity contribution in [1.29, 1.82) is 0 Å². The Morgan fingerprint density at radius 2 is 2.19 bits per heavy atom. The van der Waals surface area contributed by atoms with Gasteiger partial charge in [0.05, 0.1) is 5.56 Å². The van der Waals surface area contributed by atoms with E-state index in [0.29, 0.717) is 23.4 Å². The molecule has 0 atom stereocenters. The number of carboxylic acids is 1. The van der Waals surface area contributed by atoms with Crippen LogP contribution in [-0.2, 0) is 13.0 Å². The lowest BCUT2D eigenvalue weighted by Gasteiger charge is -2.07. The SMILES string of the molecule is Cc1cc(C(=O)O)ccc1OCc1noc(CC(C)C)n1. The third kappa shape index (κ3) is 4.05. The summed E-state index contributed by atoms with van der Waals surface area (Å²) in [4.78, 5) is 15.1.